The molecule has 0 unspecified atom stereocenters. The minimum Gasteiger partial charge on any atom is -0.546 e. The van der Waals surface area contributed by atoms with E-state index < -0.39 is 37.1 Å². The summed E-state index contributed by atoms with van der Waals surface area (Å²) in [7, 11) is 0. The summed E-state index contributed by atoms with van der Waals surface area (Å²) in [6.45, 7) is 1.47. The molecule has 6 aromatic rings. The predicted octanol–water partition coefficient (Wildman–Crippen LogP) is -0.305. The first-order valence-electron chi connectivity index (χ1n) is 18.7. The van der Waals surface area contributed by atoms with Gasteiger partial charge in [0.25, 0.3) is 0 Å². The van der Waals surface area contributed by atoms with Crippen LogP contribution in [0.3, 0.4) is 0 Å². The largest absolute Gasteiger partial charge is 1.00 e. The third-order valence-corrected chi connectivity index (χ3v) is 8.38. The Bertz CT molecular complexity index is 2210. The molecular weight excluding hydrogens is 843 g/mol. The van der Waals surface area contributed by atoms with Crippen molar-refractivity contribution in [3.05, 3.63) is 179 Å². The molecule has 4 N–H and O–H groups in total. The normalized spacial score (nSPS) is 10.6. The van der Waals surface area contributed by atoms with Gasteiger partial charge >= 0.3 is 71.1 Å². The van der Waals surface area contributed by atoms with Gasteiger partial charge in [-0.1, -0.05) is 72.8 Å². The molecule has 0 amide bonds. The number of anilines is 2. The van der Waals surface area contributed by atoms with Gasteiger partial charge in [0, 0.05) is 25.2 Å². The number of ether oxygens (including phenoxy) is 2. The number of carboxylic acids is 2. The van der Waals surface area contributed by atoms with Gasteiger partial charge in [-0.05, 0) is 129 Å². The molecule has 0 bridgehead atoms. The van der Waals surface area contributed by atoms with E-state index in [-0.39, 0.29) is 59.1 Å². The number of hydrogen-bond acceptors (Lipinski definition) is 14. The van der Waals surface area contributed by atoms with Crippen LogP contribution in [0, 0.1) is 0 Å². The topological polar surface area (TPSA) is 222 Å². The fourth-order valence-electron chi connectivity index (χ4n) is 5.52. The molecule has 6 rings (SSSR count). The van der Waals surface area contributed by atoms with Crippen LogP contribution in [-0.2, 0) is 29.0 Å². The van der Waals surface area contributed by atoms with Gasteiger partial charge in [0.05, 0.1) is 11.9 Å². The molecule has 0 saturated heterocycles. The summed E-state index contributed by atoms with van der Waals surface area (Å²) < 4.78 is 10.3. The molecule has 0 radical (unpaired) electrons. The molecule has 0 atom stereocenters. The number of carbonyl (C=O) groups excluding carboxylic acids is 4. The van der Waals surface area contributed by atoms with Crippen molar-refractivity contribution >= 4 is 58.6 Å². The molecule has 0 aliphatic carbocycles. The maximum absolute atomic E-state index is 10.9. The van der Waals surface area contributed by atoms with Crippen molar-refractivity contribution in [1.29, 1.82) is 0 Å². The fourth-order valence-corrected chi connectivity index (χ4v) is 5.52. The third-order valence-electron chi connectivity index (χ3n) is 8.38. The minimum atomic E-state index is -1.29. The maximum Gasteiger partial charge on any atom is 1.00 e. The van der Waals surface area contributed by atoms with Gasteiger partial charge in [0.2, 0.25) is 0 Å². The van der Waals surface area contributed by atoms with Crippen molar-refractivity contribution < 1.29 is 118 Å². The number of carboxylic acid groups (broad SMARTS) is 2. The van der Waals surface area contributed by atoms with Crippen LogP contribution in [0.4, 0.5) is 11.4 Å². The van der Waals surface area contributed by atoms with Crippen LogP contribution in [0.25, 0.3) is 23.3 Å². The van der Waals surface area contributed by atoms with Crippen LogP contribution in [0.15, 0.2) is 146 Å². The number of hydrogen-bond donors (Lipinski definition) is 2. The Kier molecular flexibility index (Phi) is 21.2. The second kappa shape index (κ2) is 26.2. The number of nitrogens with two attached hydrogens (primary N) is 2. The standard InChI is InChI=1S/2C24H21NO6.2Na/c2*1-16(26)30-31-22-12-6-19(7-13-22)23(14-17-2-8-20(25)9-3-17)18-4-10-21(11-5-18)29-15-24(27)28;;/h2*2-14H,15,25H2,1H3,(H,27,28);;/q;;2*+1/p-2. The predicted molar refractivity (Wildman–Crippen MR) is 227 cm³/mol. The molecule has 6 aromatic carbocycles. The summed E-state index contributed by atoms with van der Waals surface area (Å²) >= 11 is 0. The van der Waals surface area contributed by atoms with Gasteiger partial charge in [-0.2, -0.15) is 0 Å². The zero-order chi connectivity index (χ0) is 44.4. The number of benzene rings is 6. The molecule has 316 valence electrons. The van der Waals surface area contributed by atoms with Crippen LogP contribution < -0.4 is 100 Å². The Morgan fingerprint density at radius 3 is 0.953 bits per heavy atom. The van der Waals surface area contributed by atoms with E-state index in [4.69, 9.17) is 30.7 Å². The average molecular weight is 883 g/mol. The van der Waals surface area contributed by atoms with Gasteiger partial charge in [-0.25, -0.2) is 9.59 Å². The maximum atomic E-state index is 10.9. The van der Waals surface area contributed by atoms with E-state index in [0.29, 0.717) is 34.4 Å². The molecule has 0 saturated carbocycles. The molecule has 0 spiro atoms. The Morgan fingerprint density at radius 1 is 0.438 bits per heavy atom. The molecule has 14 nitrogen and oxygen atoms in total. The second-order valence-corrected chi connectivity index (χ2v) is 13.2. The van der Waals surface area contributed by atoms with E-state index >= 15 is 0 Å². The molecule has 0 aliphatic heterocycles. The van der Waals surface area contributed by atoms with E-state index in [0.717, 1.165) is 44.5 Å². The van der Waals surface area contributed by atoms with Crippen molar-refractivity contribution in [1.82, 2.24) is 0 Å². The molecule has 0 aliphatic rings. The molecule has 64 heavy (non-hydrogen) atoms. The smallest absolute Gasteiger partial charge is 0.546 e. The monoisotopic (exact) mass is 882 g/mol. The van der Waals surface area contributed by atoms with Crippen LogP contribution in [-0.4, -0.2) is 37.1 Å². The zero-order valence-corrected chi connectivity index (χ0v) is 39.5. The fraction of sp³-hybridized carbons (Fsp3) is 0.0833. The second-order valence-electron chi connectivity index (χ2n) is 13.2. The SMILES string of the molecule is CC(=O)OOc1ccc(C(=Cc2ccc(N)cc2)c2ccc(OCC(=O)[O-])cc2)cc1.CC(=O)OOc1ccc(C(=Cc2ccc(N)cc2)c2ccc(OCC(=O)[O-])cc2)cc1.[Na+].[Na+]. The van der Waals surface area contributed by atoms with Crippen molar-refractivity contribution in [2.75, 3.05) is 24.7 Å². The van der Waals surface area contributed by atoms with E-state index in [1.165, 1.54) is 13.8 Å². The van der Waals surface area contributed by atoms with Crippen LogP contribution in [0.1, 0.15) is 47.2 Å². The Labute approximate surface area is 413 Å². The molecule has 16 heteroatoms. The summed E-state index contributed by atoms with van der Waals surface area (Å²) in [5.41, 5.74) is 20.1. The summed E-state index contributed by atoms with van der Waals surface area (Å²) in [5.74, 6) is -2.06. The molecule has 0 fully saturated rings. The van der Waals surface area contributed by atoms with Gasteiger partial charge in [0.1, 0.15) is 24.7 Å². The van der Waals surface area contributed by atoms with Gasteiger partial charge in [-0.15, -0.1) is 0 Å². The Hall–Kier alpha value is -6.52. The average Bonchev–Trinajstić information content (AvgIpc) is 3.27. The van der Waals surface area contributed by atoms with Crippen molar-refractivity contribution in [3.63, 3.8) is 0 Å². The first kappa shape index (κ1) is 51.8. The number of nitrogen functional groups attached to an aromatic ring is 2. The summed E-state index contributed by atoms with van der Waals surface area (Å²) in [6, 6.07) is 43.1. The van der Waals surface area contributed by atoms with Crippen molar-refractivity contribution in [3.8, 4) is 23.0 Å². The quantitative estimate of drug-likeness (QED) is 0.0419. The van der Waals surface area contributed by atoms with E-state index in [1.807, 2.05) is 109 Å². The first-order valence-corrected chi connectivity index (χ1v) is 18.7. The summed E-state index contributed by atoms with van der Waals surface area (Å²) in [6.07, 6.45) is 4.00. The Balaban J connectivity index is 0.000000330. The zero-order valence-electron chi connectivity index (χ0n) is 35.5. The van der Waals surface area contributed by atoms with Gasteiger partial charge in [-0.3, -0.25) is 19.6 Å². The van der Waals surface area contributed by atoms with Crippen LogP contribution in [0.2, 0.25) is 0 Å². The summed E-state index contributed by atoms with van der Waals surface area (Å²) in [5, 5.41) is 21.2. The van der Waals surface area contributed by atoms with E-state index in [1.54, 1.807) is 48.5 Å². The van der Waals surface area contributed by atoms with Gasteiger partial charge < -0.3 is 40.7 Å². The van der Waals surface area contributed by atoms with Crippen molar-refractivity contribution in [2.45, 2.75) is 13.8 Å². The molecule has 0 heterocycles. The third kappa shape index (κ3) is 17.3. The summed E-state index contributed by atoms with van der Waals surface area (Å²) in [4.78, 5) is 62.0. The van der Waals surface area contributed by atoms with Crippen molar-refractivity contribution in [2.24, 2.45) is 0 Å². The number of aliphatic carboxylic acids is 2. The van der Waals surface area contributed by atoms with E-state index in [9.17, 15) is 29.4 Å². The van der Waals surface area contributed by atoms with Crippen LogP contribution in [0.5, 0.6) is 23.0 Å². The van der Waals surface area contributed by atoms with E-state index in [2.05, 4.69) is 9.78 Å². The van der Waals surface area contributed by atoms with Gasteiger partial charge in [0.15, 0.2) is 11.5 Å². The number of carbonyl (C=O) groups is 4. The molecule has 0 aromatic heterocycles. The first-order chi connectivity index (χ1) is 29.8. The molecular formula is C48H40N2Na2O12. The number of rotatable bonds is 16. The minimum absolute atomic E-state index is 0. The Morgan fingerprint density at radius 2 is 0.703 bits per heavy atom. The van der Waals surface area contributed by atoms with Crippen LogP contribution >= 0.6 is 0 Å².